The molecule has 23 heavy (non-hydrogen) atoms. The summed E-state index contributed by atoms with van der Waals surface area (Å²) in [6.45, 7) is 6.24. The summed E-state index contributed by atoms with van der Waals surface area (Å²) in [4.78, 5) is 37.7. The van der Waals surface area contributed by atoms with E-state index in [1.807, 2.05) is 31.2 Å². The van der Waals surface area contributed by atoms with E-state index in [2.05, 4.69) is 0 Å². The van der Waals surface area contributed by atoms with E-state index in [0.29, 0.717) is 0 Å². The zero-order valence-corrected chi connectivity index (χ0v) is 15.2. The van der Waals surface area contributed by atoms with Crippen molar-refractivity contribution >= 4 is 45.6 Å². The highest BCUT2D eigenvalue weighted by Gasteiger charge is 2.34. The number of amides is 1. The fourth-order valence-corrected chi connectivity index (χ4v) is 2.57. The zero-order chi connectivity index (χ0) is 17.7. The van der Waals surface area contributed by atoms with Crippen LogP contribution in [0.5, 0.6) is 0 Å². The van der Waals surface area contributed by atoms with Crippen LogP contribution < -0.4 is 0 Å². The molecule has 124 valence electrons. The Morgan fingerprint density at radius 1 is 1.22 bits per heavy atom. The van der Waals surface area contributed by atoms with Gasteiger partial charge in [0.15, 0.2) is 11.6 Å². The molecule has 1 unspecified atom stereocenters. The molecule has 0 heterocycles. The lowest BCUT2D eigenvalue weighted by molar-refractivity contribution is -0.146. The number of Topliss-reactive ketones (excluding diaryl/α,β-unsaturated/α-hetero) is 2. The number of hydrogen-bond acceptors (Lipinski definition) is 4. The second kappa shape index (κ2) is 8.31. The zero-order valence-electron chi connectivity index (χ0n) is 13.6. The summed E-state index contributed by atoms with van der Waals surface area (Å²) < 4.78 is 0.00935. The minimum Gasteiger partial charge on any atom is -0.321 e. The molecule has 0 bridgehead atoms. The van der Waals surface area contributed by atoms with Gasteiger partial charge in [-0.2, -0.15) is 0 Å². The van der Waals surface area contributed by atoms with Crippen LogP contribution in [0.1, 0.15) is 31.9 Å². The molecule has 1 atom stereocenters. The predicted molar refractivity (Wildman–Crippen MR) is 94.5 cm³/mol. The first-order valence-electron chi connectivity index (χ1n) is 7.21. The van der Waals surface area contributed by atoms with E-state index in [1.165, 1.54) is 18.7 Å². The number of nitrogens with zero attached hydrogens (tertiary/aromatic N) is 1. The van der Waals surface area contributed by atoms with Crippen molar-refractivity contribution in [2.24, 2.45) is 5.92 Å². The largest absolute Gasteiger partial charge is 0.321 e. The Morgan fingerprint density at radius 2 is 1.78 bits per heavy atom. The lowest BCUT2D eigenvalue weighted by atomic mass is 10.0. The summed E-state index contributed by atoms with van der Waals surface area (Å²) in [5, 5.41) is 0. The van der Waals surface area contributed by atoms with Crippen LogP contribution in [0.25, 0.3) is 0 Å². The number of ketones is 2. The number of benzene rings is 1. The summed E-state index contributed by atoms with van der Waals surface area (Å²) in [6.07, 6.45) is 0. The minimum absolute atomic E-state index is 0.00935. The third-order valence-electron chi connectivity index (χ3n) is 3.51. The lowest BCUT2D eigenvalue weighted by Gasteiger charge is -2.30. The maximum absolute atomic E-state index is 12.7. The van der Waals surface area contributed by atoms with Gasteiger partial charge in [0.2, 0.25) is 5.91 Å². The third-order valence-corrected chi connectivity index (χ3v) is 4.19. The smallest absolute Gasteiger partial charge is 0.232 e. The molecule has 1 aromatic rings. The van der Waals surface area contributed by atoms with E-state index in [-0.39, 0.29) is 22.4 Å². The molecule has 1 amide bonds. The molecule has 0 aliphatic carbocycles. The Morgan fingerprint density at radius 3 is 2.22 bits per heavy atom. The van der Waals surface area contributed by atoms with Crippen molar-refractivity contribution in [3.8, 4) is 0 Å². The predicted octanol–water partition coefficient (Wildman–Crippen LogP) is 3.07. The van der Waals surface area contributed by atoms with Crippen molar-refractivity contribution in [3.05, 3.63) is 35.4 Å². The molecule has 0 radical (unpaired) electrons. The first kappa shape index (κ1) is 19.5. The van der Waals surface area contributed by atoms with E-state index >= 15 is 0 Å². The summed E-state index contributed by atoms with van der Waals surface area (Å²) in [5.74, 6) is -1.95. The van der Waals surface area contributed by atoms with Crippen LogP contribution in [-0.2, 0) is 20.9 Å². The van der Waals surface area contributed by atoms with Crippen LogP contribution in [0.2, 0.25) is 0 Å². The van der Waals surface area contributed by atoms with Gasteiger partial charge < -0.3 is 4.90 Å². The highest BCUT2D eigenvalue weighted by Crippen LogP contribution is 2.17. The Bertz CT molecular complexity index is 630. The second-order valence-corrected chi connectivity index (χ2v) is 6.68. The number of carbonyl (C=O) groups excluding carboxylic acids is 3. The monoisotopic (exact) mass is 353 g/mol. The quantitative estimate of drug-likeness (QED) is 0.429. The molecule has 0 aromatic heterocycles. The van der Waals surface area contributed by atoms with Crippen molar-refractivity contribution in [1.29, 1.82) is 0 Å². The van der Waals surface area contributed by atoms with Gasteiger partial charge in [-0.15, -0.1) is 0 Å². The normalized spacial score (nSPS) is 11.9. The maximum Gasteiger partial charge on any atom is 0.232 e. The van der Waals surface area contributed by atoms with Gasteiger partial charge in [-0.1, -0.05) is 53.6 Å². The molecular formula is C17H20ClNO3S. The Kier molecular flexibility index (Phi) is 7.03. The summed E-state index contributed by atoms with van der Waals surface area (Å²) >= 11 is 10.6. The first-order chi connectivity index (χ1) is 10.6. The molecule has 6 heteroatoms. The van der Waals surface area contributed by atoms with Gasteiger partial charge in [-0.05, 0) is 33.3 Å². The molecule has 0 saturated carbocycles. The number of halogens is 1. The van der Waals surface area contributed by atoms with Gasteiger partial charge in [0, 0.05) is 6.54 Å². The molecule has 0 spiro atoms. The number of carbonyl (C=O) groups is 3. The van der Waals surface area contributed by atoms with Crippen molar-refractivity contribution in [1.82, 2.24) is 4.90 Å². The molecule has 1 aromatic carbocycles. The highest BCUT2D eigenvalue weighted by molar-refractivity contribution is 7.83. The lowest BCUT2D eigenvalue weighted by Crippen LogP contribution is -2.50. The Balaban J connectivity index is 3.24. The van der Waals surface area contributed by atoms with Crippen molar-refractivity contribution < 1.29 is 14.4 Å². The van der Waals surface area contributed by atoms with Gasteiger partial charge in [0.05, 0.1) is 10.2 Å². The van der Waals surface area contributed by atoms with Crippen LogP contribution in [0.3, 0.4) is 0 Å². The summed E-state index contributed by atoms with van der Waals surface area (Å²) in [5.41, 5.74) is 1.86. The van der Waals surface area contributed by atoms with Gasteiger partial charge in [0.25, 0.3) is 0 Å². The van der Waals surface area contributed by atoms with Crippen LogP contribution in [0.4, 0.5) is 0 Å². The van der Waals surface area contributed by atoms with Crippen molar-refractivity contribution in [2.45, 2.75) is 40.3 Å². The van der Waals surface area contributed by atoms with Crippen molar-refractivity contribution in [3.63, 3.8) is 0 Å². The molecular weight excluding hydrogens is 334 g/mol. The maximum atomic E-state index is 12.7. The minimum atomic E-state index is -1.13. The fraction of sp³-hybridized carbons (Fsp3) is 0.412. The van der Waals surface area contributed by atoms with E-state index < -0.39 is 17.9 Å². The van der Waals surface area contributed by atoms with Crippen LogP contribution in [-0.4, -0.2) is 32.7 Å². The Labute approximate surface area is 146 Å². The Hall–Kier alpha value is -1.59. The topological polar surface area (TPSA) is 54.5 Å². The summed E-state index contributed by atoms with van der Waals surface area (Å²) in [6, 6.07) is 6.41. The van der Waals surface area contributed by atoms with Crippen LogP contribution in [0, 0.1) is 12.8 Å². The van der Waals surface area contributed by atoms with E-state index in [4.69, 9.17) is 23.8 Å². The van der Waals surface area contributed by atoms with Crippen molar-refractivity contribution in [2.75, 3.05) is 0 Å². The first-order valence-corrected chi connectivity index (χ1v) is 8.00. The molecule has 0 saturated heterocycles. The average molecular weight is 354 g/mol. The summed E-state index contributed by atoms with van der Waals surface area (Å²) in [7, 11) is 0. The van der Waals surface area contributed by atoms with Crippen LogP contribution >= 0.6 is 23.8 Å². The van der Waals surface area contributed by atoms with E-state index in [1.54, 1.807) is 6.92 Å². The van der Waals surface area contributed by atoms with E-state index in [0.717, 1.165) is 11.1 Å². The molecule has 1 rings (SSSR count). The molecule has 0 N–H and O–H groups in total. The van der Waals surface area contributed by atoms with Gasteiger partial charge in [-0.25, -0.2) is 0 Å². The molecule has 0 fully saturated rings. The SMILES string of the molecule is CC(=O)C(C(C)=O)N(Cc1cccc(C)c1)C(=O)C(C)C(=S)Cl. The average Bonchev–Trinajstić information content (AvgIpc) is 2.44. The number of hydrogen-bond donors (Lipinski definition) is 0. The van der Waals surface area contributed by atoms with Gasteiger partial charge >= 0.3 is 0 Å². The molecule has 0 aliphatic rings. The number of rotatable bonds is 7. The third kappa shape index (κ3) is 5.22. The second-order valence-electron chi connectivity index (χ2n) is 5.60. The van der Waals surface area contributed by atoms with E-state index in [9.17, 15) is 14.4 Å². The van der Waals surface area contributed by atoms with Gasteiger partial charge in [0.1, 0.15) is 6.04 Å². The number of thiocarbonyl (C=S) groups is 1. The van der Waals surface area contributed by atoms with Gasteiger partial charge in [-0.3, -0.25) is 14.4 Å². The standard InChI is InChI=1S/C17H20ClNO3S/c1-10-6-5-7-14(8-10)9-19(15(12(3)20)13(4)21)17(22)11(2)16(18)23/h5-8,11,15H,9H2,1-4H3. The van der Waals surface area contributed by atoms with Crippen LogP contribution in [0.15, 0.2) is 24.3 Å². The molecule has 0 aliphatic heterocycles. The molecule has 4 nitrogen and oxygen atoms in total. The highest BCUT2D eigenvalue weighted by atomic mass is 35.5. The fourth-order valence-electron chi connectivity index (χ4n) is 2.37. The number of aryl methyl sites for hydroxylation is 1.